The lowest BCUT2D eigenvalue weighted by Crippen LogP contribution is -2.20. The van der Waals surface area contributed by atoms with Crippen molar-refractivity contribution in [1.29, 1.82) is 0 Å². The second-order valence-corrected chi connectivity index (χ2v) is 9.59. The van der Waals surface area contributed by atoms with Crippen molar-refractivity contribution in [1.82, 2.24) is 14.6 Å². The number of para-hydroxylation sites is 1. The van der Waals surface area contributed by atoms with Crippen LogP contribution in [0.5, 0.6) is 0 Å². The molecule has 2 aromatic heterocycles. The quantitative estimate of drug-likeness (QED) is 0.243. The molecule has 0 aliphatic carbocycles. The average molecular weight is 527 g/mol. The second kappa shape index (κ2) is 9.48. The van der Waals surface area contributed by atoms with Gasteiger partial charge < -0.3 is 5.32 Å². The van der Waals surface area contributed by atoms with Gasteiger partial charge in [0.15, 0.2) is 10.8 Å². The summed E-state index contributed by atoms with van der Waals surface area (Å²) in [6, 6.07) is 21.5. The highest BCUT2D eigenvalue weighted by Gasteiger charge is 2.32. The molecule has 0 fully saturated rings. The highest BCUT2D eigenvalue weighted by Crippen LogP contribution is 2.39. The van der Waals surface area contributed by atoms with Crippen LogP contribution in [0.3, 0.4) is 0 Å². The molecule has 0 spiro atoms. The molecule has 36 heavy (non-hydrogen) atoms. The Morgan fingerprint density at radius 1 is 1.00 bits per heavy atom. The van der Waals surface area contributed by atoms with E-state index in [1.54, 1.807) is 24.3 Å². The van der Waals surface area contributed by atoms with E-state index in [2.05, 4.69) is 15.5 Å². The third kappa shape index (κ3) is 4.64. The summed E-state index contributed by atoms with van der Waals surface area (Å²) >= 11 is 7.28. The molecule has 5 rings (SSSR count). The Labute approximate surface area is 213 Å². The van der Waals surface area contributed by atoms with Crippen LogP contribution in [-0.4, -0.2) is 20.5 Å². The maximum absolute atomic E-state index is 13.5. The van der Waals surface area contributed by atoms with Crippen LogP contribution < -0.4 is 5.32 Å². The summed E-state index contributed by atoms with van der Waals surface area (Å²) in [4.78, 5) is 13.5. The molecule has 10 heteroatoms. The first kappa shape index (κ1) is 24.1. The second-order valence-electron chi connectivity index (χ2n) is 8.11. The van der Waals surface area contributed by atoms with Crippen molar-refractivity contribution < 1.29 is 18.0 Å². The number of rotatable bonds is 5. The molecular formula is C26H18ClF3N4OS. The lowest BCUT2D eigenvalue weighted by molar-refractivity contribution is -0.137. The lowest BCUT2D eigenvalue weighted by atomic mass is 10.1. The van der Waals surface area contributed by atoms with Crippen molar-refractivity contribution in [2.45, 2.75) is 23.5 Å². The Morgan fingerprint density at radius 2 is 1.72 bits per heavy atom. The zero-order valence-corrected chi connectivity index (χ0v) is 20.3. The Balaban J connectivity index is 1.56. The number of carbonyl (C=O) groups is 1. The zero-order valence-electron chi connectivity index (χ0n) is 18.8. The highest BCUT2D eigenvalue weighted by molar-refractivity contribution is 8.00. The van der Waals surface area contributed by atoms with E-state index >= 15 is 0 Å². The molecule has 182 valence electrons. The number of thioether (sulfide) groups is 1. The molecule has 1 atom stereocenters. The molecule has 0 bridgehead atoms. The summed E-state index contributed by atoms with van der Waals surface area (Å²) in [7, 11) is 0. The minimum atomic E-state index is -4.57. The molecule has 3 aromatic carbocycles. The average Bonchev–Trinajstić information content (AvgIpc) is 3.26. The van der Waals surface area contributed by atoms with Crippen LogP contribution in [0.25, 0.3) is 16.6 Å². The van der Waals surface area contributed by atoms with Crippen molar-refractivity contribution >= 4 is 51.5 Å². The summed E-state index contributed by atoms with van der Waals surface area (Å²) in [6.45, 7) is 1.99. The van der Waals surface area contributed by atoms with Crippen LogP contribution in [0.1, 0.15) is 21.9 Å². The number of pyridine rings is 1. The van der Waals surface area contributed by atoms with Gasteiger partial charge in [-0.3, -0.25) is 9.20 Å². The molecule has 1 amide bonds. The van der Waals surface area contributed by atoms with E-state index in [1.165, 1.54) is 0 Å². The molecule has 0 aliphatic rings. The molecule has 0 aliphatic heterocycles. The number of halogens is 4. The standard InChI is InChI=1S/C26H18ClF3N4OS/c1-15-13-22-32-33-25(34(22)21-10-6-5-9-18(15)21)36-23(16-7-3-2-4-8-16)24(35)31-20-14-17(26(28,29)30)11-12-19(20)27/h2-14,23H,1H3,(H,31,35). The first-order valence-electron chi connectivity index (χ1n) is 10.8. The van der Waals surface area contributed by atoms with Gasteiger partial charge in [-0.25, -0.2) is 0 Å². The molecule has 0 radical (unpaired) electrons. The number of carbonyl (C=O) groups excluding carboxylic acids is 1. The van der Waals surface area contributed by atoms with Crippen molar-refractivity contribution in [3.63, 3.8) is 0 Å². The third-order valence-electron chi connectivity index (χ3n) is 5.69. The number of hydrogen-bond donors (Lipinski definition) is 1. The highest BCUT2D eigenvalue weighted by atomic mass is 35.5. The Morgan fingerprint density at radius 3 is 2.47 bits per heavy atom. The smallest absolute Gasteiger partial charge is 0.323 e. The van der Waals surface area contributed by atoms with Gasteiger partial charge in [0.25, 0.3) is 0 Å². The first-order chi connectivity index (χ1) is 17.2. The number of nitrogens with one attached hydrogen (secondary N) is 1. The largest absolute Gasteiger partial charge is 0.416 e. The van der Waals surface area contributed by atoms with Gasteiger partial charge in [-0.15, -0.1) is 10.2 Å². The monoisotopic (exact) mass is 526 g/mol. The van der Waals surface area contributed by atoms with Gasteiger partial charge in [-0.05, 0) is 48.4 Å². The Bertz CT molecular complexity index is 1590. The van der Waals surface area contributed by atoms with Crippen molar-refractivity contribution in [3.05, 3.63) is 101 Å². The van der Waals surface area contributed by atoms with Crippen LogP contribution in [0.4, 0.5) is 18.9 Å². The predicted molar refractivity (Wildman–Crippen MR) is 135 cm³/mol. The predicted octanol–water partition coefficient (Wildman–Crippen LogP) is 7.34. The van der Waals surface area contributed by atoms with E-state index in [4.69, 9.17) is 11.6 Å². The summed E-state index contributed by atoms with van der Waals surface area (Å²) in [5.74, 6) is -0.541. The first-order valence-corrected chi connectivity index (χ1v) is 12.1. The fourth-order valence-electron chi connectivity index (χ4n) is 3.95. The van der Waals surface area contributed by atoms with E-state index in [0.29, 0.717) is 16.4 Å². The molecule has 5 aromatic rings. The third-order valence-corrected chi connectivity index (χ3v) is 7.22. The Kier molecular flexibility index (Phi) is 6.36. The number of aromatic nitrogens is 3. The number of benzene rings is 3. The fourth-order valence-corrected chi connectivity index (χ4v) is 5.17. The fraction of sp³-hybridized carbons (Fsp3) is 0.115. The zero-order chi connectivity index (χ0) is 25.4. The van der Waals surface area contributed by atoms with E-state index in [1.807, 2.05) is 47.7 Å². The number of anilines is 1. The molecular weight excluding hydrogens is 509 g/mol. The molecule has 0 saturated heterocycles. The van der Waals surface area contributed by atoms with Gasteiger partial charge in [0, 0.05) is 5.39 Å². The number of fused-ring (bicyclic) bond motifs is 3. The van der Waals surface area contributed by atoms with E-state index in [-0.39, 0.29) is 10.7 Å². The van der Waals surface area contributed by atoms with Crippen LogP contribution in [0.2, 0.25) is 5.02 Å². The van der Waals surface area contributed by atoms with Crippen LogP contribution in [-0.2, 0) is 11.0 Å². The SMILES string of the molecule is Cc1cc2nnc(SC(C(=O)Nc3cc(C(F)(F)F)ccc3Cl)c3ccccc3)n2c2ccccc12. The maximum Gasteiger partial charge on any atom is 0.416 e. The van der Waals surface area contributed by atoms with Crippen molar-refractivity contribution in [2.24, 2.45) is 0 Å². The summed E-state index contributed by atoms with van der Waals surface area (Å²) < 4.78 is 41.6. The van der Waals surface area contributed by atoms with Gasteiger partial charge >= 0.3 is 6.18 Å². The number of amides is 1. The lowest BCUT2D eigenvalue weighted by Gasteiger charge is -2.18. The summed E-state index contributed by atoms with van der Waals surface area (Å²) in [5, 5.41) is 11.8. The molecule has 1 unspecified atom stereocenters. The normalized spacial score (nSPS) is 12.7. The maximum atomic E-state index is 13.5. The van der Waals surface area contributed by atoms with Gasteiger partial charge in [0.05, 0.1) is 21.8 Å². The Hall–Kier alpha value is -3.56. The molecule has 1 N–H and O–H groups in total. The van der Waals surface area contributed by atoms with Crippen LogP contribution in [0.15, 0.2) is 84.0 Å². The van der Waals surface area contributed by atoms with Crippen LogP contribution in [0, 0.1) is 6.92 Å². The minimum absolute atomic E-state index is 0.00237. The molecule has 5 nitrogen and oxygen atoms in total. The van der Waals surface area contributed by atoms with Gasteiger partial charge in [0.2, 0.25) is 5.91 Å². The summed E-state index contributed by atoms with van der Waals surface area (Å²) in [6.07, 6.45) is -4.57. The van der Waals surface area contributed by atoms with Crippen LogP contribution >= 0.6 is 23.4 Å². The molecule has 0 saturated carbocycles. The topological polar surface area (TPSA) is 59.3 Å². The van der Waals surface area contributed by atoms with Gasteiger partial charge in [0.1, 0.15) is 5.25 Å². The van der Waals surface area contributed by atoms with Gasteiger partial charge in [-0.2, -0.15) is 13.2 Å². The van der Waals surface area contributed by atoms with Gasteiger partial charge in [-0.1, -0.05) is 71.9 Å². The van der Waals surface area contributed by atoms with E-state index < -0.39 is 22.9 Å². The number of aryl methyl sites for hydroxylation is 1. The number of alkyl halides is 3. The van der Waals surface area contributed by atoms with Crippen molar-refractivity contribution in [2.75, 3.05) is 5.32 Å². The summed E-state index contributed by atoms with van der Waals surface area (Å²) in [5.41, 5.74) is 2.17. The van der Waals surface area contributed by atoms with E-state index in [0.717, 1.165) is 46.4 Å². The number of hydrogen-bond acceptors (Lipinski definition) is 4. The molecule has 2 heterocycles. The van der Waals surface area contributed by atoms with E-state index in [9.17, 15) is 18.0 Å². The minimum Gasteiger partial charge on any atom is -0.323 e. The number of nitrogens with zero attached hydrogens (tertiary/aromatic N) is 3. The van der Waals surface area contributed by atoms with Crippen molar-refractivity contribution in [3.8, 4) is 0 Å².